The second-order valence-electron chi connectivity index (χ2n) is 7.64. The van der Waals surface area contributed by atoms with Crippen LogP contribution in [0.3, 0.4) is 0 Å². The fraction of sp³-hybridized carbons (Fsp3) is 0.154. The van der Waals surface area contributed by atoms with Gasteiger partial charge in [-0.1, -0.05) is 24.3 Å². The Balaban J connectivity index is 1.57. The molecule has 0 aromatic heterocycles. The van der Waals surface area contributed by atoms with E-state index in [4.69, 9.17) is 0 Å². The molecule has 4 aromatic carbocycles. The standard InChI is InChI=1S/C26H24N6O3/c1-2-31(17-18-33)21-11-7-19(8-12-21)27-29-25-15-16-26(24-6-4-3-5-23(24)25)30-28-20-9-13-22(14-10-20)32(34)35/h3-16,33H,2,17-18H2,1H3. The van der Waals surface area contributed by atoms with Crippen molar-refractivity contribution in [3.05, 3.63) is 95.0 Å². The maximum absolute atomic E-state index is 10.8. The molecule has 9 nitrogen and oxygen atoms in total. The number of fused-ring (bicyclic) bond motifs is 1. The molecule has 0 saturated carbocycles. The van der Waals surface area contributed by atoms with Gasteiger partial charge in [0.25, 0.3) is 5.69 Å². The number of rotatable bonds is 9. The third-order valence-electron chi connectivity index (χ3n) is 5.45. The van der Waals surface area contributed by atoms with Crippen LogP contribution in [0, 0.1) is 10.1 Å². The topological polar surface area (TPSA) is 116 Å². The van der Waals surface area contributed by atoms with Crippen LogP contribution in [0.2, 0.25) is 0 Å². The van der Waals surface area contributed by atoms with Crippen molar-refractivity contribution in [1.29, 1.82) is 0 Å². The maximum Gasteiger partial charge on any atom is 0.269 e. The lowest BCUT2D eigenvalue weighted by Crippen LogP contribution is -2.25. The number of hydrogen-bond acceptors (Lipinski definition) is 8. The number of aliphatic hydroxyl groups excluding tert-OH is 1. The molecular weight excluding hydrogens is 444 g/mol. The molecular formula is C26H24N6O3. The highest BCUT2D eigenvalue weighted by Crippen LogP contribution is 2.35. The number of nitro groups is 1. The van der Waals surface area contributed by atoms with E-state index in [-0.39, 0.29) is 12.3 Å². The average molecular weight is 469 g/mol. The maximum atomic E-state index is 10.8. The second-order valence-corrected chi connectivity index (χ2v) is 7.64. The highest BCUT2D eigenvalue weighted by atomic mass is 16.6. The zero-order chi connectivity index (χ0) is 24.6. The van der Waals surface area contributed by atoms with Crippen LogP contribution in [0.25, 0.3) is 10.8 Å². The van der Waals surface area contributed by atoms with Gasteiger partial charge in [0.15, 0.2) is 0 Å². The molecule has 176 valence electrons. The van der Waals surface area contributed by atoms with Crippen LogP contribution in [-0.2, 0) is 0 Å². The summed E-state index contributed by atoms with van der Waals surface area (Å²) in [7, 11) is 0. The van der Waals surface area contributed by atoms with Gasteiger partial charge < -0.3 is 10.0 Å². The van der Waals surface area contributed by atoms with E-state index in [0.29, 0.717) is 23.6 Å². The molecule has 0 amide bonds. The van der Waals surface area contributed by atoms with Gasteiger partial charge in [-0.05, 0) is 55.5 Å². The van der Waals surface area contributed by atoms with Crippen LogP contribution < -0.4 is 4.90 Å². The minimum atomic E-state index is -0.451. The lowest BCUT2D eigenvalue weighted by molar-refractivity contribution is -0.384. The molecule has 0 aliphatic carbocycles. The number of benzene rings is 4. The van der Waals surface area contributed by atoms with E-state index in [1.165, 1.54) is 12.1 Å². The van der Waals surface area contributed by atoms with Gasteiger partial charge in [0.2, 0.25) is 0 Å². The van der Waals surface area contributed by atoms with E-state index < -0.39 is 4.92 Å². The predicted molar refractivity (Wildman–Crippen MR) is 137 cm³/mol. The number of aliphatic hydroxyl groups is 1. The summed E-state index contributed by atoms with van der Waals surface area (Å²) >= 11 is 0. The van der Waals surface area contributed by atoms with Crippen molar-refractivity contribution in [2.45, 2.75) is 6.92 Å². The number of anilines is 1. The highest BCUT2D eigenvalue weighted by Gasteiger charge is 2.07. The summed E-state index contributed by atoms with van der Waals surface area (Å²) in [5.74, 6) is 0. The van der Waals surface area contributed by atoms with E-state index in [1.54, 1.807) is 12.1 Å². The fourth-order valence-corrected chi connectivity index (χ4v) is 3.63. The van der Waals surface area contributed by atoms with Crippen LogP contribution in [0.15, 0.2) is 105 Å². The molecule has 0 radical (unpaired) electrons. The summed E-state index contributed by atoms with van der Waals surface area (Å²) in [6, 6.07) is 25.0. The molecule has 0 saturated heterocycles. The number of nitro benzene ring substituents is 1. The van der Waals surface area contributed by atoms with Crippen LogP contribution in [0.1, 0.15) is 6.92 Å². The summed E-state index contributed by atoms with van der Waals surface area (Å²) in [6.07, 6.45) is 0. The van der Waals surface area contributed by atoms with Gasteiger partial charge in [0.1, 0.15) is 0 Å². The summed E-state index contributed by atoms with van der Waals surface area (Å²) in [5, 5.41) is 39.2. The lowest BCUT2D eigenvalue weighted by atomic mass is 10.1. The molecule has 0 fully saturated rings. The van der Waals surface area contributed by atoms with Crippen molar-refractivity contribution in [1.82, 2.24) is 0 Å². The first-order valence-electron chi connectivity index (χ1n) is 11.1. The fourth-order valence-electron chi connectivity index (χ4n) is 3.63. The second kappa shape index (κ2) is 11.1. The summed E-state index contributed by atoms with van der Waals surface area (Å²) in [4.78, 5) is 12.4. The van der Waals surface area contributed by atoms with E-state index >= 15 is 0 Å². The first kappa shape index (κ1) is 23.7. The quantitative estimate of drug-likeness (QED) is 0.156. The van der Waals surface area contributed by atoms with Gasteiger partial charge >= 0.3 is 0 Å². The lowest BCUT2D eigenvalue weighted by Gasteiger charge is -2.21. The van der Waals surface area contributed by atoms with E-state index in [9.17, 15) is 15.2 Å². The van der Waals surface area contributed by atoms with Crippen molar-refractivity contribution in [2.75, 3.05) is 24.6 Å². The van der Waals surface area contributed by atoms with Crippen LogP contribution in [-0.4, -0.2) is 29.7 Å². The van der Waals surface area contributed by atoms with Gasteiger partial charge in [-0.15, -0.1) is 10.2 Å². The number of hydrogen-bond donors (Lipinski definition) is 1. The number of non-ortho nitro benzene ring substituents is 1. The average Bonchev–Trinajstić information content (AvgIpc) is 2.90. The van der Waals surface area contributed by atoms with E-state index in [1.807, 2.05) is 67.6 Å². The number of nitrogens with zero attached hydrogens (tertiary/aromatic N) is 6. The smallest absolute Gasteiger partial charge is 0.269 e. The van der Waals surface area contributed by atoms with Gasteiger partial charge in [0, 0.05) is 41.7 Å². The zero-order valence-electron chi connectivity index (χ0n) is 19.2. The Hall–Kier alpha value is -4.50. The first-order chi connectivity index (χ1) is 17.1. The van der Waals surface area contributed by atoms with Crippen LogP contribution in [0.4, 0.5) is 34.1 Å². The number of likely N-dealkylation sites (N-methyl/N-ethyl adjacent to an activating group) is 1. The Morgan fingerprint density at radius 1 is 0.771 bits per heavy atom. The summed E-state index contributed by atoms with van der Waals surface area (Å²) in [5.41, 5.74) is 3.63. The molecule has 4 rings (SSSR count). The van der Waals surface area contributed by atoms with Crippen molar-refractivity contribution in [3.63, 3.8) is 0 Å². The van der Waals surface area contributed by atoms with E-state index in [0.717, 1.165) is 28.7 Å². The molecule has 1 N–H and O–H groups in total. The van der Waals surface area contributed by atoms with Gasteiger partial charge in [-0.3, -0.25) is 10.1 Å². The Labute approximate surface area is 202 Å². The Morgan fingerprint density at radius 2 is 1.29 bits per heavy atom. The molecule has 0 heterocycles. The zero-order valence-corrected chi connectivity index (χ0v) is 19.2. The molecule has 0 atom stereocenters. The first-order valence-corrected chi connectivity index (χ1v) is 11.1. The predicted octanol–water partition coefficient (Wildman–Crippen LogP) is 7.40. The van der Waals surface area contributed by atoms with E-state index in [2.05, 4.69) is 25.4 Å². The molecule has 4 aromatic rings. The van der Waals surface area contributed by atoms with Gasteiger partial charge in [0.05, 0.1) is 34.3 Å². The van der Waals surface area contributed by atoms with Gasteiger partial charge in [-0.2, -0.15) is 10.2 Å². The third kappa shape index (κ3) is 5.71. The Kier molecular flexibility index (Phi) is 7.49. The monoisotopic (exact) mass is 468 g/mol. The largest absolute Gasteiger partial charge is 0.395 e. The van der Waals surface area contributed by atoms with Crippen LogP contribution >= 0.6 is 0 Å². The molecule has 0 spiro atoms. The summed E-state index contributed by atoms with van der Waals surface area (Å²) in [6.45, 7) is 3.54. The minimum Gasteiger partial charge on any atom is -0.395 e. The third-order valence-corrected chi connectivity index (χ3v) is 5.45. The minimum absolute atomic E-state index is 0.00611. The molecule has 35 heavy (non-hydrogen) atoms. The van der Waals surface area contributed by atoms with Crippen molar-refractivity contribution >= 4 is 44.9 Å². The van der Waals surface area contributed by atoms with Gasteiger partial charge in [-0.25, -0.2) is 0 Å². The molecule has 0 aliphatic heterocycles. The Morgan fingerprint density at radius 3 is 1.74 bits per heavy atom. The van der Waals surface area contributed by atoms with Crippen LogP contribution in [0.5, 0.6) is 0 Å². The SMILES string of the molecule is CCN(CCO)c1ccc(N=Nc2ccc(N=Nc3ccc([N+](=O)[O-])cc3)c3ccccc23)cc1. The van der Waals surface area contributed by atoms with Crippen molar-refractivity contribution in [3.8, 4) is 0 Å². The molecule has 0 aliphatic rings. The van der Waals surface area contributed by atoms with Crippen molar-refractivity contribution in [2.24, 2.45) is 20.5 Å². The molecule has 0 bridgehead atoms. The molecule has 0 unspecified atom stereocenters. The number of azo groups is 2. The molecule has 9 heteroatoms. The highest BCUT2D eigenvalue weighted by molar-refractivity contribution is 5.99. The normalized spacial score (nSPS) is 11.5. The Bertz CT molecular complexity index is 1370. The summed E-state index contributed by atoms with van der Waals surface area (Å²) < 4.78 is 0. The van der Waals surface area contributed by atoms with Crippen molar-refractivity contribution < 1.29 is 10.0 Å².